The lowest BCUT2D eigenvalue weighted by atomic mass is 9.96. The second kappa shape index (κ2) is 25.9. The monoisotopic (exact) mass is 1480 g/mol. The third-order valence-corrected chi connectivity index (χ3v) is 23.7. The van der Waals surface area contributed by atoms with Gasteiger partial charge in [0.25, 0.3) is 0 Å². The van der Waals surface area contributed by atoms with E-state index in [1.165, 1.54) is 32.6 Å². The summed E-state index contributed by atoms with van der Waals surface area (Å²) in [7, 11) is 0. The van der Waals surface area contributed by atoms with Crippen LogP contribution in [0.15, 0.2) is 388 Å². The number of nitrogens with zero attached hydrogens (tertiary/aromatic N) is 10. The summed E-state index contributed by atoms with van der Waals surface area (Å²) in [6, 6.07) is 139. The molecule has 0 fully saturated rings. The highest BCUT2D eigenvalue weighted by molar-refractivity contribution is 6.15. The molecule has 6 heterocycles. The van der Waals surface area contributed by atoms with Crippen LogP contribution in [0.25, 0.3) is 233 Å². The van der Waals surface area contributed by atoms with E-state index in [1.807, 2.05) is 0 Å². The number of hydrogen-bond acceptors (Lipinski definition) is 6. The Balaban J connectivity index is 0.575. The Hall–Kier alpha value is -15.8. The van der Waals surface area contributed by atoms with Crippen LogP contribution in [0.1, 0.15) is 0 Å². The van der Waals surface area contributed by atoms with E-state index < -0.39 is 0 Å². The SMILES string of the molecule is c1ccc(-n2c3ccccc3c3cc(-c4ccc5c(c4)c4ccccc4n5-c4nc(-c5ccc6ccccc6c5)nc(-c5ccc6c(-c7ccc(-n8c9ccccc9c9cc(-c%10ccc%11c(c%10)c%10ccccc%10n%11-c%10nc(-c%11cccc%12ccccc%11%12)nc(-c%11cccc%12ccccc%11%12)n%10)ccc98)cc7)cccc6c5)n4)ccc32)cc1. The lowest BCUT2D eigenvalue weighted by Gasteiger charge is -2.13. The van der Waals surface area contributed by atoms with Gasteiger partial charge in [-0.3, -0.25) is 9.13 Å². The molecule has 18 aromatic carbocycles. The first kappa shape index (κ1) is 65.0. The van der Waals surface area contributed by atoms with E-state index in [1.54, 1.807) is 0 Å². The van der Waals surface area contributed by atoms with Gasteiger partial charge in [-0.25, -0.2) is 9.97 Å². The van der Waals surface area contributed by atoms with Crippen LogP contribution >= 0.6 is 0 Å². The Bertz CT molecular complexity index is 8120. The molecule has 0 saturated heterocycles. The van der Waals surface area contributed by atoms with Gasteiger partial charge < -0.3 is 9.13 Å². The maximum absolute atomic E-state index is 5.48. The topological polar surface area (TPSA) is 97.1 Å². The van der Waals surface area contributed by atoms with Crippen LogP contribution in [0.4, 0.5) is 0 Å². The number of fused-ring (bicyclic) bond motifs is 16. The number of benzene rings is 18. The molecule has 0 aliphatic heterocycles. The maximum atomic E-state index is 5.48. The van der Waals surface area contributed by atoms with Gasteiger partial charge in [-0.2, -0.15) is 19.9 Å². The molecule has 0 amide bonds. The molecule has 0 N–H and O–H groups in total. The summed E-state index contributed by atoms with van der Waals surface area (Å²) in [5.41, 5.74) is 21.3. The van der Waals surface area contributed by atoms with Crippen molar-refractivity contribution in [1.29, 1.82) is 0 Å². The minimum absolute atomic E-state index is 0.543. The number of rotatable bonds is 11. The number of hydrogen-bond donors (Lipinski definition) is 0. The van der Waals surface area contributed by atoms with Crippen molar-refractivity contribution < 1.29 is 0 Å². The molecular weight excluding hydrogens is 1410 g/mol. The first-order chi connectivity index (χ1) is 57.5. The zero-order valence-electron chi connectivity index (χ0n) is 62.4. The summed E-state index contributed by atoms with van der Waals surface area (Å²) < 4.78 is 9.20. The fourth-order valence-electron chi connectivity index (χ4n) is 18.2. The molecule has 6 aromatic heterocycles. The Labute approximate surface area is 664 Å². The molecule has 0 atom stereocenters. The van der Waals surface area contributed by atoms with Crippen LogP contribution < -0.4 is 0 Å². The average molecular weight is 1480 g/mol. The average Bonchev–Trinajstić information content (AvgIpc) is 1.59. The second-order valence-electron chi connectivity index (χ2n) is 30.1. The predicted molar refractivity (Wildman–Crippen MR) is 479 cm³/mol. The summed E-state index contributed by atoms with van der Waals surface area (Å²) in [6.07, 6.45) is 0. The minimum Gasteiger partial charge on any atom is -0.309 e. The van der Waals surface area contributed by atoms with E-state index in [2.05, 4.69) is 407 Å². The van der Waals surface area contributed by atoms with E-state index >= 15 is 0 Å². The maximum Gasteiger partial charge on any atom is 0.238 e. The molecule has 0 aliphatic carbocycles. The summed E-state index contributed by atoms with van der Waals surface area (Å²) >= 11 is 0. The molecule has 0 saturated carbocycles. The predicted octanol–water partition coefficient (Wildman–Crippen LogP) is 26.7. The lowest BCUT2D eigenvalue weighted by Crippen LogP contribution is -2.06. The van der Waals surface area contributed by atoms with Crippen molar-refractivity contribution in [3.8, 4) is 102 Å². The van der Waals surface area contributed by atoms with Gasteiger partial charge in [0.1, 0.15) is 0 Å². The lowest BCUT2D eigenvalue weighted by molar-refractivity contribution is 0.954. The van der Waals surface area contributed by atoms with E-state index in [0.29, 0.717) is 35.2 Å². The highest BCUT2D eigenvalue weighted by Gasteiger charge is 2.25. The highest BCUT2D eigenvalue weighted by Crippen LogP contribution is 2.44. The van der Waals surface area contributed by atoms with Gasteiger partial charge >= 0.3 is 0 Å². The fourth-order valence-corrected chi connectivity index (χ4v) is 18.2. The van der Waals surface area contributed by atoms with Crippen LogP contribution in [-0.2, 0) is 0 Å². The van der Waals surface area contributed by atoms with Gasteiger partial charge in [-0.05, 0) is 186 Å². The van der Waals surface area contributed by atoms with Gasteiger partial charge in [-0.1, -0.05) is 279 Å². The smallest absolute Gasteiger partial charge is 0.238 e. The highest BCUT2D eigenvalue weighted by atomic mass is 15.2. The van der Waals surface area contributed by atoms with Crippen LogP contribution in [0, 0.1) is 0 Å². The van der Waals surface area contributed by atoms with E-state index in [0.717, 1.165) is 165 Å². The number of aromatic nitrogens is 10. The Morgan fingerprint density at radius 3 is 0.940 bits per heavy atom. The third-order valence-electron chi connectivity index (χ3n) is 23.7. The van der Waals surface area contributed by atoms with Crippen LogP contribution in [0.2, 0.25) is 0 Å². The first-order valence-corrected chi connectivity index (χ1v) is 39.3. The summed E-state index contributed by atoms with van der Waals surface area (Å²) in [4.78, 5) is 32.4. The van der Waals surface area contributed by atoms with Crippen LogP contribution in [0.3, 0.4) is 0 Å². The molecule has 24 aromatic rings. The zero-order chi connectivity index (χ0) is 76.1. The van der Waals surface area contributed by atoms with Crippen LogP contribution in [0.5, 0.6) is 0 Å². The molecule has 0 radical (unpaired) electrons. The Morgan fingerprint density at radius 1 is 0.147 bits per heavy atom. The van der Waals surface area contributed by atoms with E-state index in [9.17, 15) is 0 Å². The van der Waals surface area contributed by atoms with E-state index in [-0.39, 0.29) is 0 Å². The number of para-hydroxylation sites is 5. The third kappa shape index (κ3) is 10.4. The molecule has 0 bridgehead atoms. The summed E-state index contributed by atoms with van der Waals surface area (Å²) in [5.74, 6) is 3.50. The molecule has 24 rings (SSSR count). The van der Waals surface area contributed by atoms with Gasteiger partial charge in [0.05, 0.1) is 44.1 Å². The van der Waals surface area contributed by atoms with Crippen molar-refractivity contribution in [3.05, 3.63) is 388 Å². The van der Waals surface area contributed by atoms with Crippen molar-refractivity contribution in [2.24, 2.45) is 0 Å². The first-order valence-electron chi connectivity index (χ1n) is 39.3. The Kier molecular flexibility index (Phi) is 14.5. The minimum atomic E-state index is 0.543. The second-order valence-corrected chi connectivity index (χ2v) is 30.1. The Morgan fingerprint density at radius 2 is 0.457 bits per heavy atom. The van der Waals surface area contributed by atoms with Gasteiger partial charge in [-0.15, -0.1) is 0 Å². The molecule has 538 valence electrons. The largest absolute Gasteiger partial charge is 0.309 e. The van der Waals surface area contributed by atoms with Gasteiger partial charge in [0.2, 0.25) is 11.9 Å². The fraction of sp³-hybridized carbons (Fsp3) is 0. The molecular formula is C106H64N10. The summed E-state index contributed by atoms with van der Waals surface area (Å²) in [6.45, 7) is 0. The van der Waals surface area contributed by atoms with Crippen molar-refractivity contribution in [2.45, 2.75) is 0 Å². The summed E-state index contributed by atoms with van der Waals surface area (Å²) in [5, 5.41) is 18.1. The molecule has 10 heteroatoms. The quantitative estimate of drug-likeness (QED) is 0.128. The molecule has 0 aliphatic rings. The van der Waals surface area contributed by atoms with E-state index in [4.69, 9.17) is 29.9 Å². The zero-order valence-corrected chi connectivity index (χ0v) is 62.4. The molecule has 10 nitrogen and oxygen atoms in total. The molecule has 116 heavy (non-hydrogen) atoms. The normalized spacial score (nSPS) is 12.0. The van der Waals surface area contributed by atoms with Crippen molar-refractivity contribution >= 4 is 130 Å². The van der Waals surface area contributed by atoms with Crippen molar-refractivity contribution in [1.82, 2.24) is 48.2 Å². The molecule has 0 spiro atoms. The van der Waals surface area contributed by atoms with Gasteiger partial charge in [0, 0.05) is 76.7 Å². The van der Waals surface area contributed by atoms with Gasteiger partial charge in [0.15, 0.2) is 23.3 Å². The molecule has 0 unspecified atom stereocenters. The van der Waals surface area contributed by atoms with Crippen LogP contribution in [-0.4, -0.2) is 48.2 Å². The standard InChI is InChI=1S/C106H64N10/c1-2-28-77(29-3-1)113-93-39-14-10-32-83(93)89-61-70(48-55-97(89)113)72-50-57-99-91(63-72)85-34-12-16-41-95(85)115(99)105-109-101(75-44-43-65-21-4-5-24-69(65)59-75)107-102(110-105)76-47-54-82-74(60-76)27-20-36-79(82)68-45-52-78(53-46-68)114-94-40-15-11-33-84(94)90-62-71(49-56-98(90)114)73-51-58-100-92(64-73)86-35-13-17-42-96(86)116(100)106-111-103(87-37-18-25-66-22-6-8-30-80(66)87)108-104(112-106)88-38-19-26-67-23-7-9-31-81(67)88/h1-64H. The van der Waals surface area contributed by atoms with Crippen molar-refractivity contribution in [3.63, 3.8) is 0 Å². The van der Waals surface area contributed by atoms with Crippen molar-refractivity contribution in [2.75, 3.05) is 0 Å².